The van der Waals surface area contributed by atoms with Gasteiger partial charge in [0.15, 0.2) is 0 Å². The van der Waals surface area contributed by atoms with Crippen LogP contribution in [0.3, 0.4) is 0 Å². The van der Waals surface area contributed by atoms with Gasteiger partial charge >= 0.3 is 5.97 Å². The van der Waals surface area contributed by atoms with Crippen LogP contribution in [0.4, 0.5) is 0 Å². The van der Waals surface area contributed by atoms with Crippen LogP contribution in [0.25, 0.3) is 0 Å². The molecule has 0 radical (unpaired) electrons. The second-order valence-corrected chi connectivity index (χ2v) is 7.71. The minimum absolute atomic E-state index is 0.0295. The molecule has 0 aromatic heterocycles. The fraction of sp³-hybridized carbons (Fsp3) is 0.957. The Bertz CT molecular complexity index is 337. The zero-order chi connectivity index (χ0) is 22.3. The van der Waals surface area contributed by atoms with E-state index in [1.807, 2.05) is 27.7 Å². The van der Waals surface area contributed by atoms with Crippen LogP contribution in [0.2, 0.25) is 0 Å². The van der Waals surface area contributed by atoms with Crippen LogP contribution < -0.4 is 0 Å². The topological polar surface area (TPSA) is 85.2 Å². The van der Waals surface area contributed by atoms with E-state index in [1.54, 1.807) is 0 Å². The summed E-state index contributed by atoms with van der Waals surface area (Å²) in [5.74, 6) is -0.659. The van der Waals surface area contributed by atoms with Gasteiger partial charge in [0, 0.05) is 13.0 Å². The number of unbranched alkanes of at least 4 members (excludes halogenated alkanes) is 8. The van der Waals surface area contributed by atoms with Crippen molar-refractivity contribution in [2.45, 2.75) is 117 Å². The molecule has 0 fully saturated rings. The maximum Gasteiger partial charge on any atom is 0.303 e. The van der Waals surface area contributed by atoms with Crippen molar-refractivity contribution >= 4 is 5.97 Å². The molecule has 0 spiro atoms. The van der Waals surface area contributed by atoms with Gasteiger partial charge in [-0.05, 0) is 34.1 Å². The molecule has 0 bridgehead atoms. The highest BCUT2D eigenvalue weighted by Crippen LogP contribution is 2.10. The number of rotatable bonds is 19. The molecule has 29 heavy (non-hydrogen) atoms. The number of aliphatic hydroxyl groups is 1. The van der Waals surface area contributed by atoms with Gasteiger partial charge in [0.05, 0.1) is 38.1 Å². The van der Waals surface area contributed by atoms with E-state index in [2.05, 4.69) is 6.92 Å². The summed E-state index contributed by atoms with van der Waals surface area (Å²) in [6.07, 6.45) is 11.5. The third-order valence-electron chi connectivity index (χ3n) is 4.43. The molecule has 0 rings (SSSR count). The van der Waals surface area contributed by atoms with Crippen molar-refractivity contribution in [3.05, 3.63) is 0 Å². The summed E-state index contributed by atoms with van der Waals surface area (Å²) in [6.45, 7) is 11.8. The largest absolute Gasteiger partial charge is 0.481 e. The Morgan fingerprint density at radius 1 is 0.724 bits per heavy atom. The summed E-state index contributed by atoms with van der Waals surface area (Å²) in [5.41, 5.74) is 0. The molecule has 6 heteroatoms. The lowest BCUT2D eigenvalue weighted by Gasteiger charge is -2.18. The van der Waals surface area contributed by atoms with E-state index in [4.69, 9.17) is 24.4 Å². The van der Waals surface area contributed by atoms with Gasteiger partial charge in [-0.25, -0.2) is 0 Å². The maximum atomic E-state index is 10.2. The molecule has 176 valence electrons. The average Bonchev–Trinajstić information content (AvgIpc) is 2.69. The van der Waals surface area contributed by atoms with Crippen molar-refractivity contribution in [1.29, 1.82) is 0 Å². The zero-order valence-corrected chi connectivity index (χ0v) is 19.7. The van der Waals surface area contributed by atoms with Crippen molar-refractivity contribution in [2.24, 2.45) is 0 Å². The van der Waals surface area contributed by atoms with Crippen LogP contribution in [0.1, 0.15) is 98.8 Å². The molecule has 0 aliphatic rings. The Hall–Kier alpha value is -0.690. The lowest BCUT2D eigenvalue weighted by molar-refractivity contribution is -0.137. The number of ether oxygens (including phenoxy) is 3. The Kier molecular flexibility index (Phi) is 24.8. The predicted octanol–water partition coefficient (Wildman–Crippen LogP) is 5.21. The monoisotopic (exact) mass is 420 g/mol. The average molecular weight is 421 g/mol. The third-order valence-corrected chi connectivity index (χ3v) is 4.43. The van der Waals surface area contributed by atoms with Crippen molar-refractivity contribution in [3.63, 3.8) is 0 Å². The van der Waals surface area contributed by atoms with E-state index < -0.39 is 5.97 Å². The van der Waals surface area contributed by atoms with E-state index in [0.717, 1.165) is 12.8 Å². The Labute approximate surface area is 179 Å². The molecular weight excluding hydrogens is 372 g/mol. The zero-order valence-electron chi connectivity index (χ0n) is 19.7. The van der Waals surface area contributed by atoms with Crippen molar-refractivity contribution in [3.8, 4) is 0 Å². The number of carboxylic acid groups (broad SMARTS) is 1. The van der Waals surface area contributed by atoms with E-state index in [9.17, 15) is 4.79 Å². The number of hydrogen-bond donors (Lipinski definition) is 2. The third kappa shape index (κ3) is 27.3. The molecule has 3 atom stereocenters. The fourth-order valence-corrected chi connectivity index (χ4v) is 2.62. The van der Waals surface area contributed by atoms with Crippen LogP contribution in [-0.2, 0) is 19.0 Å². The SMILES string of the molecule is CCCCCCCCCCCC(=O)O.CCOC(C)COC(C)COC(C)CO. The van der Waals surface area contributed by atoms with Crippen LogP contribution in [-0.4, -0.2) is 60.9 Å². The summed E-state index contributed by atoms with van der Waals surface area (Å²) in [5, 5.41) is 17.2. The van der Waals surface area contributed by atoms with E-state index in [0.29, 0.717) is 26.2 Å². The number of aliphatic hydroxyl groups excluding tert-OH is 1. The minimum Gasteiger partial charge on any atom is -0.481 e. The summed E-state index contributed by atoms with van der Waals surface area (Å²) in [4.78, 5) is 10.2. The van der Waals surface area contributed by atoms with Crippen LogP contribution in [0.5, 0.6) is 0 Å². The number of hydrogen-bond acceptors (Lipinski definition) is 5. The maximum absolute atomic E-state index is 10.2. The number of carbonyl (C=O) groups is 1. The van der Waals surface area contributed by atoms with Gasteiger partial charge in [-0.3, -0.25) is 4.79 Å². The number of carboxylic acids is 1. The second-order valence-electron chi connectivity index (χ2n) is 7.71. The second kappa shape index (κ2) is 23.6. The van der Waals surface area contributed by atoms with Gasteiger partial charge in [0.1, 0.15) is 0 Å². The number of aliphatic carboxylic acids is 1. The summed E-state index contributed by atoms with van der Waals surface area (Å²) >= 11 is 0. The van der Waals surface area contributed by atoms with E-state index >= 15 is 0 Å². The Morgan fingerprint density at radius 2 is 1.17 bits per heavy atom. The minimum atomic E-state index is -0.659. The Balaban J connectivity index is 0. The van der Waals surface area contributed by atoms with Gasteiger partial charge in [-0.2, -0.15) is 0 Å². The fourth-order valence-electron chi connectivity index (χ4n) is 2.62. The lowest BCUT2D eigenvalue weighted by atomic mass is 10.1. The highest BCUT2D eigenvalue weighted by Gasteiger charge is 2.08. The standard InChI is InChI=1S/C12H24O2.C11H24O4/c1-2-3-4-5-6-7-8-9-10-11-12(13)14;1-5-13-10(3)7-15-11(4)8-14-9(2)6-12/h2-11H2,1H3,(H,13,14);9-12H,5-8H2,1-4H3. The van der Waals surface area contributed by atoms with Gasteiger partial charge in [0.2, 0.25) is 0 Å². The van der Waals surface area contributed by atoms with E-state index in [-0.39, 0.29) is 24.9 Å². The highest BCUT2D eigenvalue weighted by atomic mass is 16.6. The molecule has 0 amide bonds. The first-order valence-electron chi connectivity index (χ1n) is 11.5. The summed E-state index contributed by atoms with van der Waals surface area (Å²) in [7, 11) is 0. The quantitative estimate of drug-likeness (QED) is 0.279. The van der Waals surface area contributed by atoms with Crippen molar-refractivity contribution in [2.75, 3.05) is 26.4 Å². The Morgan fingerprint density at radius 3 is 1.62 bits per heavy atom. The van der Waals surface area contributed by atoms with Crippen LogP contribution in [0.15, 0.2) is 0 Å². The molecule has 0 aliphatic carbocycles. The molecule has 0 aromatic rings. The molecule has 0 aromatic carbocycles. The van der Waals surface area contributed by atoms with Crippen LogP contribution in [0, 0.1) is 0 Å². The summed E-state index contributed by atoms with van der Waals surface area (Å²) in [6, 6.07) is 0. The van der Waals surface area contributed by atoms with Gasteiger partial charge in [-0.1, -0.05) is 58.3 Å². The molecular formula is C23H48O6. The van der Waals surface area contributed by atoms with Crippen LogP contribution >= 0.6 is 0 Å². The smallest absolute Gasteiger partial charge is 0.303 e. The first-order chi connectivity index (χ1) is 13.9. The predicted molar refractivity (Wildman–Crippen MR) is 118 cm³/mol. The van der Waals surface area contributed by atoms with Crippen molar-refractivity contribution in [1.82, 2.24) is 0 Å². The van der Waals surface area contributed by atoms with Gasteiger partial charge in [-0.15, -0.1) is 0 Å². The first kappa shape index (κ1) is 30.5. The van der Waals surface area contributed by atoms with Gasteiger partial charge < -0.3 is 24.4 Å². The van der Waals surface area contributed by atoms with Gasteiger partial charge in [0.25, 0.3) is 0 Å². The molecule has 0 heterocycles. The normalized spacial score (nSPS) is 14.0. The molecule has 0 aliphatic heterocycles. The lowest BCUT2D eigenvalue weighted by Crippen LogP contribution is -2.26. The molecule has 3 unspecified atom stereocenters. The summed E-state index contributed by atoms with van der Waals surface area (Å²) < 4.78 is 16.2. The highest BCUT2D eigenvalue weighted by molar-refractivity contribution is 5.66. The molecule has 0 saturated heterocycles. The first-order valence-corrected chi connectivity index (χ1v) is 11.5. The molecule has 6 nitrogen and oxygen atoms in total. The van der Waals surface area contributed by atoms with Crippen molar-refractivity contribution < 1.29 is 29.2 Å². The molecule has 0 saturated carbocycles. The molecule has 2 N–H and O–H groups in total. The van der Waals surface area contributed by atoms with E-state index in [1.165, 1.54) is 44.9 Å².